The van der Waals surface area contributed by atoms with E-state index >= 15 is 4.79 Å². The summed E-state index contributed by atoms with van der Waals surface area (Å²) in [6, 6.07) is 21.1. The lowest BCUT2D eigenvalue weighted by molar-refractivity contribution is -0.385. The number of fused-ring (bicyclic) bond motifs is 3. The van der Waals surface area contributed by atoms with Crippen LogP contribution < -0.4 is 23.7 Å². The molecule has 70 heavy (non-hydrogen) atoms. The first-order chi connectivity index (χ1) is 34.1. The maximum atomic E-state index is 15.2. The van der Waals surface area contributed by atoms with Crippen LogP contribution in [0.1, 0.15) is 67.6 Å². The number of aliphatic hydroxyl groups is 2. The molecule has 2 aliphatic carbocycles. The number of nitro benzene ring substituents is 2. The third-order valence-electron chi connectivity index (χ3n) is 13.2. The summed E-state index contributed by atoms with van der Waals surface area (Å²) in [6.07, 6.45) is 8.67. The number of rotatable bonds is 23. The SMILES string of the molecule is C=CCOc1ccc2c(c1)C1C(CCCCO)C(CCCCO)C=C3C(=NOCc4ccc([N+](=O)[O-])cc4)CC(N(Cc4ccc5c(c4)OCO5)C(=O)Oc4ccc([N+](=O)[O-])cc4)C(OCC=C)(O2)C31. The number of amides is 1. The number of nitrogens with zero attached hydrogens (tertiary/aromatic N) is 4. The van der Waals surface area contributed by atoms with Gasteiger partial charge in [-0.25, -0.2) is 4.79 Å². The van der Waals surface area contributed by atoms with Gasteiger partial charge in [-0.15, -0.1) is 6.58 Å². The number of unbranched alkanes of at least 4 members (excludes halogenated alkanes) is 2. The molecule has 6 unspecified atom stereocenters. The lowest BCUT2D eigenvalue weighted by atomic mass is 9.55. The van der Waals surface area contributed by atoms with Gasteiger partial charge in [-0.3, -0.25) is 25.1 Å². The van der Waals surface area contributed by atoms with Gasteiger partial charge in [-0.05, 0) is 109 Å². The quantitative estimate of drug-likeness (QED) is 0.0306. The largest absolute Gasteiger partial charge is 0.490 e. The molecule has 2 N–H and O–H groups in total. The van der Waals surface area contributed by atoms with Gasteiger partial charge in [0.25, 0.3) is 11.4 Å². The molecule has 1 amide bonds. The second kappa shape index (κ2) is 22.4. The molecule has 368 valence electrons. The molecule has 0 saturated heterocycles. The highest BCUT2D eigenvalue weighted by Crippen LogP contribution is 2.62. The van der Waals surface area contributed by atoms with Crippen molar-refractivity contribution in [2.75, 3.05) is 33.2 Å². The smallest absolute Gasteiger partial charge is 0.416 e. The second-order valence-corrected chi connectivity index (χ2v) is 17.5. The molecule has 4 aromatic carbocycles. The molecule has 1 fully saturated rings. The number of hydrogen-bond donors (Lipinski definition) is 2. The van der Waals surface area contributed by atoms with Gasteiger partial charge in [-0.1, -0.05) is 48.9 Å². The van der Waals surface area contributed by atoms with Crippen molar-refractivity contribution in [1.29, 1.82) is 0 Å². The highest BCUT2D eigenvalue weighted by Gasteiger charge is 2.66. The third kappa shape index (κ3) is 10.6. The molecule has 0 spiro atoms. The Morgan fingerprint density at radius 1 is 0.814 bits per heavy atom. The van der Waals surface area contributed by atoms with Crippen LogP contribution in [0.25, 0.3) is 0 Å². The Hall–Kier alpha value is -7.28. The summed E-state index contributed by atoms with van der Waals surface area (Å²) in [6.45, 7) is 8.05. The van der Waals surface area contributed by atoms with Gasteiger partial charge in [-0.2, -0.15) is 0 Å². The van der Waals surface area contributed by atoms with Crippen molar-refractivity contribution >= 4 is 23.2 Å². The Balaban J connectivity index is 1.33. The molecule has 0 aromatic heterocycles. The predicted molar refractivity (Wildman–Crippen MR) is 256 cm³/mol. The van der Waals surface area contributed by atoms with E-state index in [1.165, 1.54) is 41.3 Å². The minimum Gasteiger partial charge on any atom is -0.490 e. The summed E-state index contributed by atoms with van der Waals surface area (Å²) in [5.74, 6) is -0.708. The number of aliphatic hydroxyl groups excluding tert-OH is 2. The molecule has 4 aromatic rings. The molecule has 18 nitrogen and oxygen atoms in total. The zero-order valence-electron chi connectivity index (χ0n) is 38.6. The van der Waals surface area contributed by atoms with Gasteiger partial charge in [0.05, 0.1) is 28.1 Å². The molecular weight excluding hydrogens is 905 g/mol. The Morgan fingerprint density at radius 3 is 2.17 bits per heavy atom. The molecule has 2 aliphatic heterocycles. The minimum absolute atomic E-state index is 0.000767. The number of carbonyl (C=O) groups excluding carboxylic acids is 1. The fraction of sp³-hybridized carbons (Fsp3) is 0.385. The Labute approximate surface area is 404 Å². The van der Waals surface area contributed by atoms with E-state index in [0.717, 1.165) is 24.0 Å². The lowest BCUT2D eigenvalue weighted by Crippen LogP contribution is -2.70. The molecule has 0 radical (unpaired) electrons. The zero-order chi connectivity index (χ0) is 49.2. The average molecular weight is 961 g/mol. The normalized spacial score (nSPS) is 22.1. The van der Waals surface area contributed by atoms with E-state index in [9.17, 15) is 30.4 Å². The second-order valence-electron chi connectivity index (χ2n) is 17.5. The number of ether oxygens (including phenoxy) is 6. The standard InChI is InChI=1S/C52H56N4O14/c1-3-25-64-40-20-22-45-43(29-40)49-41(10-6-8-24-58)36(9-5-7-23-57)28-42-44(53-68-32-34-11-14-37(15-12-34)55(60)61)30-48(52(70-45,50(42)49)67-26-4-2)54(31-35-13-21-46-47(27-35)66-33-65-46)51(59)69-39-18-16-38(17-19-39)56(62)63/h3-4,11-22,27-29,36,41,48-50,57-58H,1-2,5-10,23-26,30-33H2. The monoisotopic (exact) mass is 960 g/mol. The Kier molecular flexibility index (Phi) is 15.8. The van der Waals surface area contributed by atoms with Gasteiger partial charge >= 0.3 is 6.09 Å². The van der Waals surface area contributed by atoms with E-state index in [1.807, 2.05) is 24.3 Å². The van der Waals surface area contributed by atoms with Crippen LogP contribution in [-0.2, 0) is 22.7 Å². The third-order valence-corrected chi connectivity index (χ3v) is 13.2. The molecule has 2 heterocycles. The summed E-state index contributed by atoms with van der Waals surface area (Å²) in [5, 5.41) is 47.9. The molecular formula is C52H56N4O14. The molecule has 4 aliphatic rings. The van der Waals surface area contributed by atoms with E-state index in [1.54, 1.807) is 36.4 Å². The fourth-order valence-corrected chi connectivity index (χ4v) is 10.1. The molecule has 6 atom stereocenters. The first-order valence-electron chi connectivity index (χ1n) is 23.4. The van der Waals surface area contributed by atoms with Crippen LogP contribution in [-0.4, -0.2) is 81.8 Å². The van der Waals surface area contributed by atoms with Crippen LogP contribution in [0.5, 0.6) is 28.7 Å². The van der Waals surface area contributed by atoms with Gasteiger partial charge < -0.3 is 43.5 Å². The van der Waals surface area contributed by atoms with E-state index in [-0.39, 0.29) is 87.7 Å². The molecule has 1 saturated carbocycles. The Bertz CT molecular complexity index is 2600. The van der Waals surface area contributed by atoms with E-state index in [4.69, 9.17) is 38.4 Å². The summed E-state index contributed by atoms with van der Waals surface area (Å²) >= 11 is 0. The number of non-ortho nitro benzene ring substituents is 2. The first kappa shape index (κ1) is 49.2. The maximum Gasteiger partial charge on any atom is 0.416 e. The number of allylic oxidation sites excluding steroid dienone is 1. The Morgan fingerprint density at radius 2 is 1.47 bits per heavy atom. The first-order valence-corrected chi connectivity index (χ1v) is 23.4. The highest BCUT2D eigenvalue weighted by molar-refractivity contribution is 6.03. The van der Waals surface area contributed by atoms with Crippen molar-refractivity contribution in [3.8, 4) is 28.7 Å². The summed E-state index contributed by atoms with van der Waals surface area (Å²) < 4.78 is 38.1. The molecule has 18 heteroatoms. The van der Waals surface area contributed by atoms with Crippen molar-refractivity contribution in [3.63, 3.8) is 0 Å². The van der Waals surface area contributed by atoms with Crippen molar-refractivity contribution in [2.45, 2.75) is 75.8 Å². The van der Waals surface area contributed by atoms with E-state index in [0.29, 0.717) is 65.5 Å². The topological polar surface area (TPSA) is 224 Å². The van der Waals surface area contributed by atoms with Gasteiger partial charge in [0.15, 0.2) is 11.5 Å². The predicted octanol–water partition coefficient (Wildman–Crippen LogP) is 9.33. The number of benzene rings is 4. The van der Waals surface area contributed by atoms with Gasteiger partial charge in [0.1, 0.15) is 36.5 Å². The fourth-order valence-electron chi connectivity index (χ4n) is 10.1. The van der Waals surface area contributed by atoms with Crippen LogP contribution in [0, 0.1) is 38.0 Å². The van der Waals surface area contributed by atoms with Crippen molar-refractivity contribution in [1.82, 2.24) is 4.90 Å². The van der Waals surface area contributed by atoms with E-state index in [2.05, 4.69) is 19.2 Å². The average Bonchev–Trinajstić information content (AvgIpc) is 3.84. The molecule has 8 rings (SSSR count). The van der Waals surface area contributed by atoms with Crippen LogP contribution in [0.2, 0.25) is 0 Å². The number of oxime groups is 1. The van der Waals surface area contributed by atoms with Crippen LogP contribution in [0.15, 0.2) is 127 Å². The van der Waals surface area contributed by atoms with Crippen LogP contribution >= 0.6 is 0 Å². The van der Waals surface area contributed by atoms with Crippen molar-refractivity contribution < 1.29 is 58.1 Å². The summed E-state index contributed by atoms with van der Waals surface area (Å²) in [4.78, 5) is 44.9. The summed E-state index contributed by atoms with van der Waals surface area (Å²) in [7, 11) is 0. The maximum absolute atomic E-state index is 15.2. The van der Waals surface area contributed by atoms with E-state index < -0.39 is 33.7 Å². The van der Waals surface area contributed by atoms with Gasteiger partial charge in [0.2, 0.25) is 12.6 Å². The van der Waals surface area contributed by atoms with Crippen molar-refractivity contribution in [3.05, 3.63) is 159 Å². The number of carbonyl (C=O) groups is 1. The number of nitro groups is 2. The van der Waals surface area contributed by atoms with Crippen LogP contribution in [0.4, 0.5) is 16.2 Å². The zero-order valence-corrected chi connectivity index (χ0v) is 38.6. The highest BCUT2D eigenvalue weighted by atomic mass is 16.7. The minimum atomic E-state index is -1.67. The van der Waals surface area contributed by atoms with Crippen molar-refractivity contribution in [2.24, 2.45) is 22.9 Å². The van der Waals surface area contributed by atoms with Gasteiger partial charge in [0, 0.05) is 61.9 Å². The lowest BCUT2D eigenvalue weighted by Gasteiger charge is -2.59. The summed E-state index contributed by atoms with van der Waals surface area (Å²) in [5.41, 5.74) is 3.13. The molecule has 0 bridgehead atoms. The van der Waals surface area contributed by atoms with Crippen LogP contribution in [0.3, 0.4) is 0 Å². The number of hydrogen-bond acceptors (Lipinski definition) is 15.